The van der Waals surface area contributed by atoms with Gasteiger partial charge in [0, 0.05) is 55.2 Å². The van der Waals surface area contributed by atoms with E-state index < -0.39 is 64.4 Å². The van der Waals surface area contributed by atoms with Crippen molar-refractivity contribution in [2.75, 3.05) is 25.6 Å². The van der Waals surface area contributed by atoms with Gasteiger partial charge in [-0.3, -0.25) is 24.0 Å². The lowest BCUT2D eigenvalue weighted by atomic mass is 9.59. The molecule has 0 aromatic heterocycles. The van der Waals surface area contributed by atoms with Gasteiger partial charge in [0.05, 0.1) is 18.6 Å². The van der Waals surface area contributed by atoms with Crippen molar-refractivity contribution in [2.45, 2.75) is 44.6 Å². The van der Waals surface area contributed by atoms with Gasteiger partial charge in [-0.25, -0.2) is 0 Å². The fraction of sp³-hybridized carbons (Fsp3) is 0.364. The number of carbonyl (C=O) groups excluding carboxylic acids is 5. The lowest BCUT2D eigenvalue weighted by Crippen LogP contribution is -2.58. The molecule has 12 heteroatoms. The van der Waals surface area contributed by atoms with Crippen molar-refractivity contribution >= 4 is 40.7 Å². The van der Waals surface area contributed by atoms with E-state index in [2.05, 4.69) is 0 Å². The van der Waals surface area contributed by atoms with Gasteiger partial charge >= 0.3 is 5.97 Å². The first kappa shape index (κ1) is 31.5. The van der Waals surface area contributed by atoms with Crippen molar-refractivity contribution in [2.24, 2.45) is 17.6 Å². The average Bonchev–Trinajstić information content (AvgIpc) is 2.97. The van der Waals surface area contributed by atoms with Gasteiger partial charge in [-0.1, -0.05) is 18.2 Å². The molecule has 0 saturated heterocycles. The van der Waals surface area contributed by atoms with E-state index in [-0.39, 0.29) is 66.1 Å². The Hall–Kier alpha value is -4.97. The number of hydrogen-bond donors (Lipinski definition) is 5. The third-order valence-electron chi connectivity index (χ3n) is 8.88. The Bertz CT molecular complexity index is 1740. The summed E-state index contributed by atoms with van der Waals surface area (Å²) >= 11 is 0. The van der Waals surface area contributed by atoms with Crippen molar-refractivity contribution in [3.63, 3.8) is 0 Å². The Kier molecular flexibility index (Phi) is 8.05. The molecular formula is C33H34N2O10. The first-order valence-corrected chi connectivity index (χ1v) is 14.5. The summed E-state index contributed by atoms with van der Waals surface area (Å²) in [5.74, 6) is -7.82. The van der Waals surface area contributed by atoms with Crippen LogP contribution in [0.1, 0.15) is 54.1 Å². The van der Waals surface area contributed by atoms with E-state index in [4.69, 9.17) is 10.5 Å². The van der Waals surface area contributed by atoms with Crippen LogP contribution < -0.4 is 10.6 Å². The minimum Gasteiger partial charge on any atom is -0.508 e. The Morgan fingerprint density at radius 3 is 2.42 bits per heavy atom. The maximum Gasteiger partial charge on any atom is 0.306 e. The van der Waals surface area contributed by atoms with Crippen molar-refractivity contribution in [3.05, 3.63) is 63.9 Å². The number of aliphatic hydroxyl groups is 3. The topological polar surface area (TPSA) is 205 Å². The van der Waals surface area contributed by atoms with Crippen LogP contribution in [0.15, 0.2) is 47.2 Å². The standard InChI is InChI=1S/C33H34N2O10/c1-4-45-24(38)9-8-22(36)16-7-5-6-15(10-16)19-14-21(35(2)3)20-12-17-11-18-13-23(37)27(32(34)43)31(42)33(18,44)30(41)25(17)29(40)26(20)28(19)39/h5-7,10,14,17-18,39-40,42,44H,4,8-9,11-13H2,1-3H3,(H2,34,43)/t17-,18+,33+/m1/s1. The highest BCUT2D eigenvalue weighted by Crippen LogP contribution is 2.54. The number of carbonyl (C=O) groups is 5. The first-order valence-electron chi connectivity index (χ1n) is 14.5. The number of hydrogen-bond acceptors (Lipinski definition) is 11. The van der Waals surface area contributed by atoms with Gasteiger partial charge < -0.3 is 35.8 Å². The molecule has 1 fully saturated rings. The Balaban J connectivity index is 1.62. The lowest BCUT2D eigenvalue weighted by molar-refractivity contribution is -0.147. The fourth-order valence-electron chi connectivity index (χ4n) is 6.74. The number of primary amides is 1. The summed E-state index contributed by atoms with van der Waals surface area (Å²) in [6.45, 7) is 1.88. The Labute approximate surface area is 258 Å². The van der Waals surface area contributed by atoms with E-state index in [0.717, 1.165) is 0 Å². The lowest BCUT2D eigenvalue weighted by Gasteiger charge is -2.46. The second-order valence-corrected chi connectivity index (χ2v) is 11.8. The minimum absolute atomic E-state index is 0.0221. The summed E-state index contributed by atoms with van der Waals surface area (Å²) in [6, 6.07) is 8.11. The molecule has 236 valence electrons. The number of benzene rings is 2. The van der Waals surface area contributed by atoms with E-state index in [1.807, 2.05) is 0 Å². The van der Waals surface area contributed by atoms with Crippen molar-refractivity contribution < 1.29 is 49.1 Å². The van der Waals surface area contributed by atoms with Crippen molar-refractivity contribution in [1.82, 2.24) is 0 Å². The number of Topliss-reactive ketones (excluding diaryl/α,β-unsaturated/α-hetero) is 3. The average molecular weight is 619 g/mol. The van der Waals surface area contributed by atoms with Crippen molar-refractivity contribution in [3.8, 4) is 16.9 Å². The SMILES string of the molecule is CCOC(=O)CCC(=O)c1cccc(-c2cc(N(C)C)c3c(c2O)C(O)=C2C(=O)[C@]4(O)C(O)=C(C(N)=O)C(=O)C[C@@H]4C[C@@H]2C3)c1. The van der Waals surface area contributed by atoms with Crippen LogP contribution >= 0.6 is 0 Å². The second kappa shape index (κ2) is 11.5. The number of fused-ring (bicyclic) bond motifs is 3. The highest BCUT2D eigenvalue weighted by Gasteiger charge is 2.60. The van der Waals surface area contributed by atoms with Crippen LogP contribution in [0.2, 0.25) is 0 Å². The fourth-order valence-corrected chi connectivity index (χ4v) is 6.74. The molecule has 5 rings (SSSR count). The highest BCUT2D eigenvalue weighted by molar-refractivity contribution is 6.22. The largest absolute Gasteiger partial charge is 0.508 e. The van der Waals surface area contributed by atoms with Gasteiger partial charge in [-0.05, 0) is 48.9 Å². The molecule has 3 aliphatic carbocycles. The number of amides is 1. The number of esters is 1. The molecule has 0 aliphatic heterocycles. The van der Waals surface area contributed by atoms with E-state index >= 15 is 0 Å². The molecule has 0 radical (unpaired) electrons. The molecule has 3 aliphatic rings. The monoisotopic (exact) mass is 618 g/mol. The van der Waals surface area contributed by atoms with Crippen LogP contribution in [0.3, 0.4) is 0 Å². The number of phenols is 1. The molecule has 0 heterocycles. The summed E-state index contributed by atoms with van der Waals surface area (Å²) in [7, 11) is 3.53. The quantitative estimate of drug-likeness (QED) is 0.165. The number of nitrogens with zero attached hydrogens (tertiary/aromatic N) is 1. The molecular weight excluding hydrogens is 584 g/mol. The van der Waals surface area contributed by atoms with Gasteiger partial charge in [0.25, 0.3) is 5.91 Å². The number of anilines is 1. The Morgan fingerprint density at radius 2 is 1.78 bits per heavy atom. The number of aromatic hydroxyl groups is 1. The smallest absolute Gasteiger partial charge is 0.306 e. The van der Waals surface area contributed by atoms with Gasteiger partial charge in [-0.15, -0.1) is 0 Å². The van der Waals surface area contributed by atoms with E-state index in [1.165, 1.54) is 0 Å². The van der Waals surface area contributed by atoms with Gasteiger partial charge in [0.2, 0.25) is 5.78 Å². The normalized spacial score (nSPS) is 22.4. The number of phenolic OH excluding ortho intramolecular Hbond substituents is 1. The Morgan fingerprint density at radius 1 is 1.07 bits per heavy atom. The van der Waals surface area contributed by atoms with Gasteiger partial charge in [0.1, 0.15) is 22.8 Å². The number of nitrogens with two attached hydrogens (primary N) is 1. The molecule has 0 spiro atoms. The van der Waals surface area contributed by atoms with Gasteiger partial charge in [-0.2, -0.15) is 0 Å². The zero-order chi connectivity index (χ0) is 33.0. The van der Waals surface area contributed by atoms with Crippen LogP contribution in [-0.4, -0.2) is 76.0 Å². The highest BCUT2D eigenvalue weighted by atomic mass is 16.5. The zero-order valence-corrected chi connectivity index (χ0v) is 25.0. The molecule has 2 aromatic carbocycles. The number of aliphatic hydroxyl groups excluding tert-OH is 2. The summed E-state index contributed by atoms with van der Waals surface area (Å²) in [5, 5.41) is 45.6. The maximum atomic E-state index is 13.9. The molecule has 45 heavy (non-hydrogen) atoms. The number of ketones is 3. The predicted octanol–water partition coefficient (Wildman–Crippen LogP) is 2.68. The number of rotatable bonds is 8. The molecule has 12 nitrogen and oxygen atoms in total. The zero-order valence-electron chi connectivity index (χ0n) is 25.0. The summed E-state index contributed by atoms with van der Waals surface area (Å²) in [6.07, 6.45) is -0.389. The molecule has 1 saturated carbocycles. The maximum absolute atomic E-state index is 13.9. The van der Waals surface area contributed by atoms with Crippen LogP contribution in [0.25, 0.3) is 16.9 Å². The second-order valence-electron chi connectivity index (χ2n) is 11.8. The van der Waals surface area contributed by atoms with E-state index in [1.54, 1.807) is 56.3 Å². The van der Waals surface area contributed by atoms with Crippen LogP contribution in [0, 0.1) is 11.8 Å². The molecule has 0 bridgehead atoms. The van der Waals surface area contributed by atoms with E-state index in [0.29, 0.717) is 16.8 Å². The molecule has 2 aromatic rings. The minimum atomic E-state index is -2.66. The number of ether oxygens (including phenoxy) is 1. The van der Waals surface area contributed by atoms with Crippen molar-refractivity contribution in [1.29, 1.82) is 0 Å². The summed E-state index contributed by atoms with van der Waals surface area (Å²) < 4.78 is 4.89. The third kappa shape index (κ3) is 5.04. The first-order chi connectivity index (χ1) is 21.2. The predicted molar refractivity (Wildman–Crippen MR) is 161 cm³/mol. The van der Waals surface area contributed by atoms with Crippen LogP contribution in [0.4, 0.5) is 5.69 Å². The van der Waals surface area contributed by atoms with Gasteiger partial charge in [0.15, 0.2) is 17.2 Å². The molecule has 3 atom stereocenters. The summed E-state index contributed by atoms with van der Waals surface area (Å²) in [5.41, 5.74) is 3.53. The van der Waals surface area contributed by atoms with Crippen LogP contribution in [-0.2, 0) is 30.3 Å². The molecule has 1 amide bonds. The third-order valence-corrected chi connectivity index (χ3v) is 8.88. The molecule has 6 N–H and O–H groups in total. The van der Waals surface area contributed by atoms with E-state index in [9.17, 15) is 44.4 Å². The molecule has 0 unspecified atom stereocenters. The van der Waals surface area contributed by atoms with Crippen LogP contribution in [0.5, 0.6) is 5.75 Å². The summed E-state index contributed by atoms with van der Waals surface area (Å²) in [4.78, 5) is 64.8.